The van der Waals surface area contributed by atoms with Gasteiger partial charge in [0.2, 0.25) is 0 Å². The summed E-state index contributed by atoms with van der Waals surface area (Å²) in [5, 5.41) is 10.7. The number of hydrogen-bond donors (Lipinski definition) is 1. The van der Waals surface area contributed by atoms with Crippen LogP contribution in [0.15, 0.2) is 24.3 Å². The zero-order chi connectivity index (χ0) is 17.1. The van der Waals surface area contributed by atoms with Crippen molar-refractivity contribution in [1.29, 1.82) is 0 Å². The molecule has 0 saturated carbocycles. The molecule has 130 valence electrons. The summed E-state index contributed by atoms with van der Waals surface area (Å²) >= 11 is 6.04. The zero-order valence-corrected chi connectivity index (χ0v) is 14.1. The number of rotatable bonds is 6. The topological polar surface area (TPSA) is 70.1 Å². The Morgan fingerprint density at radius 3 is 2.83 bits per heavy atom. The first kappa shape index (κ1) is 17.2. The summed E-state index contributed by atoms with van der Waals surface area (Å²) < 4.78 is 5.46. The van der Waals surface area contributed by atoms with Crippen LogP contribution in [0.1, 0.15) is 24.8 Å². The van der Waals surface area contributed by atoms with Crippen LogP contribution in [0.4, 0.5) is 4.79 Å². The van der Waals surface area contributed by atoms with E-state index in [2.05, 4.69) is 0 Å². The van der Waals surface area contributed by atoms with Gasteiger partial charge in [0.05, 0.1) is 25.9 Å². The van der Waals surface area contributed by atoms with Gasteiger partial charge in [0.15, 0.2) is 0 Å². The SMILES string of the molecule is O=C1C2CCCCN2C(=O)N1CC(O)COCc1ccccc1Cl. The number of imide groups is 1. The number of β-amino-alcohol motifs (C(OH)–C–C–N with tert-alkyl or cyclic N) is 1. The van der Waals surface area contributed by atoms with E-state index in [4.69, 9.17) is 16.3 Å². The summed E-state index contributed by atoms with van der Waals surface area (Å²) in [5.41, 5.74) is 0.830. The highest BCUT2D eigenvalue weighted by atomic mass is 35.5. The smallest absolute Gasteiger partial charge is 0.327 e. The maximum absolute atomic E-state index is 12.3. The van der Waals surface area contributed by atoms with Gasteiger partial charge >= 0.3 is 6.03 Å². The second-order valence-corrected chi connectivity index (χ2v) is 6.60. The van der Waals surface area contributed by atoms with Crippen molar-refractivity contribution in [1.82, 2.24) is 9.80 Å². The van der Waals surface area contributed by atoms with Gasteiger partial charge in [0.25, 0.3) is 5.91 Å². The Morgan fingerprint density at radius 1 is 1.29 bits per heavy atom. The standard InChI is InChI=1S/C17H21ClN2O4/c18-14-6-2-1-5-12(14)10-24-11-13(21)9-20-16(22)15-7-3-4-8-19(15)17(20)23/h1-2,5-6,13,15,21H,3-4,7-11H2. The lowest BCUT2D eigenvalue weighted by Crippen LogP contribution is -2.40. The van der Waals surface area contributed by atoms with Gasteiger partial charge in [-0.25, -0.2) is 4.79 Å². The number of urea groups is 1. The fraction of sp³-hybridized carbons (Fsp3) is 0.529. The first-order chi connectivity index (χ1) is 11.6. The molecular formula is C17H21ClN2O4. The maximum atomic E-state index is 12.3. The van der Waals surface area contributed by atoms with Crippen LogP contribution < -0.4 is 0 Å². The molecule has 0 bridgehead atoms. The van der Waals surface area contributed by atoms with Crippen molar-refractivity contribution in [3.05, 3.63) is 34.9 Å². The predicted molar refractivity (Wildman–Crippen MR) is 88.6 cm³/mol. The summed E-state index contributed by atoms with van der Waals surface area (Å²) in [6.07, 6.45) is 1.67. The van der Waals surface area contributed by atoms with Crippen LogP contribution in [0.5, 0.6) is 0 Å². The molecule has 2 unspecified atom stereocenters. The van der Waals surface area contributed by atoms with Crippen LogP contribution in [0.3, 0.4) is 0 Å². The Morgan fingerprint density at radius 2 is 2.08 bits per heavy atom. The lowest BCUT2D eigenvalue weighted by Gasteiger charge is -2.26. The third kappa shape index (κ3) is 3.55. The van der Waals surface area contributed by atoms with E-state index in [0.29, 0.717) is 18.0 Å². The number of carbonyl (C=O) groups is 2. The van der Waals surface area contributed by atoms with Crippen molar-refractivity contribution < 1.29 is 19.4 Å². The molecule has 2 aliphatic heterocycles. The van der Waals surface area contributed by atoms with Crippen LogP contribution in [-0.4, -0.2) is 58.7 Å². The van der Waals surface area contributed by atoms with E-state index >= 15 is 0 Å². The number of piperidine rings is 1. The third-order valence-electron chi connectivity index (χ3n) is 4.45. The summed E-state index contributed by atoms with van der Waals surface area (Å²) in [7, 11) is 0. The van der Waals surface area contributed by atoms with Crippen LogP contribution in [0.2, 0.25) is 5.02 Å². The van der Waals surface area contributed by atoms with Gasteiger partial charge in [0, 0.05) is 11.6 Å². The Balaban J connectivity index is 1.50. The molecule has 2 atom stereocenters. The van der Waals surface area contributed by atoms with Crippen molar-refractivity contribution in [3.63, 3.8) is 0 Å². The summed E-state index contributed by atoms with van der Waals surface area (Å²) in [6.45, 7) is 0.887. The Labute approximate surface area is 145 Å². The molecule has 6 nitrogen and oxygen atoms in total. The summed E-state index contributed by atoms with van der Waals surface area (Å²) in [6, 6.07) is 6.67. The minimum absolute atomic E-state index is 0.0345. The number of ether oxygens (including phenoxy) is 1. The van der Waals surface area contributed by atoms with E-state index in [1.807, 2.05) is 18.2 Å². The van der Waals surface area contributed by atoms with Gasteiger partial charge in [-0.15, -0.1) is 0 Å². The van der Waals surface area contributed by atoms with E-state index in [-0.39, 0.29) is 37.7 Å². The largest absolute Gasteiger partial charge is 0.389 e. The molecule has 0 spiro atoms. The number of fused-ring (bicyclic) bond motifs is 1. The summed E-state index contributed by atoms with van der Waals surface area (Å²) in [5.74, 6) is -0.204. The van der Waals surface area contributed by atoms with Gasteiger partial charge in [-0.05, 0) is 30.9 Å². The molecule has 0 radical (unpaired) electrons. The predicted octanol–water partition coefficient (Wildman–Crippen LogP) is 2.03. The van der Waals surface area contributed by atoms with Crippen LogP contribution in [0, 0.1) is 0 Å². The molecule has 2 heterocycles. The molecule has 1 aromatic rings. The van der Waals surface area contributed by atoms with Crippen molar-refractivity contribution >= 4 is 23.5 Å². The van der Waals surface area contributed by atoms with Gasteiger partial charge in [-0.3, -0.25) is 9.69 Å². The van der Waals surface area contributed by atoms with Gasteiger partial charge < -0.3 is 14.7 Å². The van der Waals surface area contributed by atoms with Crippen LogP contribution >= 0.6 is 11.6 Å². The monoisotopic (exact) mass is 352 g/mol. The lowest BCUT2D eigenvalue weighted by atomic mass is 10.0. The zero-order valence-electron chi connectivity index (χ0n) is 13.4. The molecular weight excluding hydrogens is 332 g/mol. The molecule has 2 saturated heterocycles. The highest BCUT2D eigenvalue weighted by Gasteiger charge is 2.46. The van der Waals surface area contributed by atoms with Gasteiger partial charge in [-0.1, -0.05) is 29.8 Å². The van der Waals surface area contributed by atoms with Crippen LogP contribution in [0.25, 0.3) is 0 Å². The fourth-order valence-electron chi connectivity index (χ4n) is 3.20. The van der Waals surface area contributed by atoms with E-state index in [1.54, 1.807) is 11.0 Å². The number of halogens is 1. The molecule has 1 aromatic carbocycles. The molecule has 7 heteroatoms. The van der Waals surface area contributed by atoms with E-state index < -0.39 is 6.10 Å². The Hall–Kier alpha value is -1.63. The highest BCUT2D eigenvalue weighted by molar-refractivity contribution is 6.31. The molecule has 1 N–H and O–H groups in total. The highest BCUT2D eigenvalue weighted by Crippen LogP contribution is 2.26. The van der Waals surface area contributed by atoms with E-state index in [0.717, 1.165) is 23.3 Å². The number of aliphatic hydroxyl groups excluding tert-OH is 1. The van der Waals surface area contributed by atoms with Crippen molar-refractivity contribution in [2.75, 3.05) is 19.7 Å². The van der Waals surface area contributed by atoms with E-state index in [9.17, 15) is 14.7 Å². The Kier molecular flexibility index (Phi) is 5.38. The van der Waals surface area contributed by atoms with Crippen molar-refractivity contribution in [2.45, 2.75) is 38.0 Å². The minimum Gasteiger partial charge on any atom is -0.389 e. The van der Waals surface area contributed by atoms with Crippen molar-refractivity contribution in [2.24, 2.45) is 0 Å². The third-order valence-corrected chi connectivity index (χ3v) is 4.82. The minimum atomic E-state index is -0.915. The second-order valence-electron chi connectivity index (χ2n) is 6.20. The number of benzene rings is 1. The maximum Gasteiger partial charge on any atom is 0.327 e. The van der Waals surface area contributed by atoms with Crippen molar-refractivity contribution in [3.8, 4) is 0 Å². The van der Waals surface area contributed by atoms with Gasteiger partial charge in [0.1, 0.15) is 6.04 Å². The average Bonchev–Trinajstić information content (AvgIpc) is 2.82. The number of nitrogens with zero attached hydrogens (tertiary/aromatic N) is 2. The molecule has 3 rings (SSSR count). The summed E-state index contributed by atoms with van der Waals surface area (Å²) in [4.78, 5) is 27.4. The first-order valence-electron chi connectivity index (χ1n) is 8.19. The molecule has 3 amide bonds. The second kappa shape index (κ2) is 7.51. The number of carbonyl (C=O) groups excluding carboxylic acids is 2. The normalized spacial score (nSPS) is 22.0. The molecule has 2 fully saturated rings. The van der Waals surface area contributed by atoms with Gasteiger partial charge in [-0.2, -0.15) is 0 Å². The number of amides is 3. The quantitative estimate of drug-likeness (QED) is 0.795. The van der Waals surface area contributed by atoms with Crippen LogP contribution in [-0.2, 0) is 16.1 Å². The lowest BCUT2D eigenvalue weighted by molar-refractivity contribution is -0.130. The first-order valence-corrected chi connectivity index (χ1v) is 8.57. The number of aliphatic hydroxyl groups is 1. The molecule has 2 aliphatic rings. The average molecular weight is 353 g/mol. The molecule has 0 aromatic heterocycles. The van der Waals surface area contributed by atoms with E-state index in [1.165, 1.54) is 0 Å². The number of hydrogen-bond acceptors (Lipinski definition) is 4. The molecule has 0 aliphatic carbocycles. The molecule has 24 heavy (non-hydrogen) atoms. The Bertz CT molecular complexity index is 600. The fourth-order valence-corrected chi connectivity index (χ4v) is 3.39.